The van der Waals surface area contributed by atoms with Gasteiger partial charge in [0.05, 0.1) is 17.3 Å². The van der Waals surface area contributed by atoms with Crippen LogP contribution >= 0.6 is 11.3 Å². The molecule has 1 aromatic heterocycles. The van der Waals surface area contributed by atoms with Crippen LogP contribution in [0.4, 0.5) is 13.2 Å². The third kappa shape index (κ3) is 6.88. The SMILES string of the molecule is Cc1cc(OCCCc2nc(-c3ccccc3OC(F)(F)F)cs2)ccc1OCC(=O)O. The van der Waals surface area contributed by atoms with Crippen LogP contribution in [0.2, 0.25) is 0 Å². The van der Waals surface area contributed by atoms with Crippen LogP contribution in [0, 0.1) is 6.92 Å². The summed E-state index contributed by atoms with van der Waals surface area (Å²) in [6.07, 6.45) is -3.51. The molecule has 0 unspecified atom stereocenters. The lowest BCUT2D eigenvalue weighted by molar-refractivity contribution is -0.274. The molecule has 0 saturated heterocycles. The number of halogens is 3. The zero-order valence-corrected chi connectivity index (χ0v) is 17.8. The predicted octanol–water partition coefficient (Wildman–Crippen LogP) is 5.49. The third-order valence-corrected chi connectivity index (χ3v) is 5.15. The molecule has 0 atom stereocenters. The molecule has 2 aromatic carbocycles. The summed E-state index contributed by atoms with van der Waals surface area (Å²) in [4.78, 5) is 15.0. The van der Waals surface area contributed by atoms with Crippen LogP contribution in [0.25, 0.3) is 11.3 Å². The number of nitrogens with zero attached hydrogens (tertiary/aromatic N) is 1. The largest absolute Gasteiger partial charge is 0.573 e. The van der Waals surface area contributed by atoms with Crippen molar-refractivity contribution in [2.45, 2.75) is 26.1 Å². The quantitative estimate of drug-likeness (QED) is 0.397. The first-order chi connectivity index (χ1) is 15.2. The molecule has 0 radical (unpaired) electrons. The van der Waals surface area contributed by atoms with E-state index in [1.165, 1.54) is 29.5 Å². The number of ether oxygens (including phenoxy) is 3. The fourth-order valence-corrected chi connectivity index (χ4v) is 3.71. The Morgan fingerprint density at radius 3 is 2.62 bits per heavy atom. The highest BCUT2D eigenvalue weighted by atomic mass is 32.1. The summed E-state index contributed by atoms with van der Waals surface area (Å²) in [5.74, 6) is -0.231. The average molecular weight is 467 g/mol. The lowest BCUT2D eigenvalue weighted by Crippen LogP contribution is -2.17. The second kappa shape index (κ2) is 10.4. The molecular weight excluding hydrogens is 447 g/mol. The molecule has 10 heteroatoms. The van der Waals surface area contributed by atoms with E-state index in [4.69, 9.17) is 14.6 Å². The Morgan fingerprint density at radius 2 is 1.91 bits per heavy atom. The highest BCUT2D eigenvalue weighted by Gasteiger charge is 2.32. The molecule has 6 nitrogen and oxygen atoms in total. The van der Waals surface area contributed by atoms with Gasteiger partial charge in [0.1, 0.15) is 17.2 Å². The van der Waals surface area contributed by atoms with Crippen molar-refractivity contribution in [3.63, 3.8) is 0 Å². The number of aryl methyl sites for hydroxylation is 2. The molecule has 170 valence electrons. The van der Waals surface area contributed by atoms with Crippen LogP contribution in [0.3, 0.4) is 0 Å². The number of thiazole rings is 1. The minimum atomic E-state index is -4.77. The second-order valence-corrected chi connectivity index (χ2v) is 7.67. The van der Waals surface area contributed by atoms with Crippen LogP contribution in [0.1, 0.15) is 17.0 Å². The van der Waals surface area contributed by atoms with Crippen molar-refractivity contribution in [2.75, 3.05) is 13.2 Å². The highest BCUT2D eigenvalue weighted by Crippen LogP contribution is 2.34. The lowest BCUT2D eigenvalue weighted by atomic mass is 10.1. The van der Waals surface area contributed by atoms with E-state index >= 15 is 0 Å². The fraction of sp³-hybridized carbons (Fsp3) is 0.273. The fourth-order valence-electron chi connectivity index (χ4n) is 2.87. The molecule has 3 aromatic rings. The Balaban J connectivity index is 1.52. The van der Waals surface area contributed by atoms with Crippen LogP contribution in [-0.4, -0.2) is 35.6 Å². The first-order valence-electron chi connectivity index (χ1n) is 9.59. The third-order valence-electron chi connectivity index (χ3n) is 4.24. The van der Waals surface area contributed by atoms with Crippen LogP contribution in [0.5, 0.6) is 17.2 Å². The van der Waals surface area contributed by atoms with Gasteiger partial charge in [0.2, 0.25) is 0 Å². The van der Waals surface area contributed by atoms with Gasteiger partial charge in [-0.15, -0.1) is 24.5 Å². The number of carboxylic acid groups (broad SMARTS) is 1. The Labute approximate surface area is 186 Å². The molecule has 0 aliphatic rings. The van der Waals surface area contributed by atoms with E-state index in [-0.39, 0.29) is 11.3 Å². The summed E-state index contributed by atoms with van der Waals surface area (Å²) in [5.41, 5.74) is 1.47. The molecule has 0 saturated carbocycles. The maximum atomic E-state index is 12.6. The summed E-state index contributed by atoms with van der Waals surface area (Å²) in [5, 5.41) is 11.2. The monoisotopic (exact) mass is 467 g/mol. The molecule has 3 rings (SSSR count). The summed E-state index contributed by atoms with van der Waals surface area (Å²) in [6.45, 7) is 1.79. The highest BCUT2D eigenvalue weighted by molar-refractivity contribution is 7.09. The molecule has 0 aliphatic carbocycles. The maximum Gasteiger partial charge on any atom is 0.573 e. The second-order valence-electron chi connectivity index (χ2n) is 6.73. The maximum absolute atomic E-state index is 12.6. The topological polar surface area (TPSA) is 77.9 Å². The molecule has 0 bridgehead atoms. The van der Waals surface area contributed by atoms with Gasteiger partial charge in [-0.3, -0.25) is 0 Å². The lowest BCUT2D eigenvalue weighted by Gasteiger charge is -2.11. The van der Waals surface area contributed by atoms with Gasteiger partial charge in [-0.1, -0.05) is 12.1 Å². The number of para-hydroxylation sites is 1. The van der Waals surface area contributed by atoms with Crippen LogP contribution in [-0.2, 0) is 11.2 Å². The Morgan fingerprint density at radius 1 is 1.12 bits per heavy atom. The first kappa shape index (κ1) is 23.4. The summed E-state index contributed by atoms with van der Waals surface area (Å²) >= 11 is 1.36. The molecule has 0 aliphatic heterocycles. The molecule has 1 N–H and O–H groups in total. The van der Waals surface area contributed by atoms with E-state index in [9.17, 15) is 18.0 Å². The van der Waals surface area contributed by atoms with E-state index < -0.39 is 18.9 Å². The standard InChI is InChI=1S/C22H20F3NO5S/c1-14-11-15(8-9-18(14)30-12-21(27)28)29-10-4-7-20-26-17(13-32-20)16-5-2-3-6-19(16)31-22(23,24)25/h2-3,5-6,8-9,11,13H,4,7,10,12H2,1H3,(H,27,28). The smallest absolute Gasteiger partial charge is 0.494 e. The van der Waals surface area contributed by atoms with Crippen molar-refractivity contribution in [2.24, 2.45) is 0 Å². The van der Waals surface area contributed by atoms with Crippen LogP contribution in [0.15, 0.2) is 47.8 Å². The number of carbonyl (C=O) groups is 1. The number of benzene rings is 2. The molecule has 1 heterocycles. The average Bonchev–Trinajstić information content (AvgIpc) is 3.18. The van der Waals surface area contributed by atoms with E-state index in [1.54, 1.807) is 36.6 Å². The van der Waals surface area contributed by atoms with Gasteiger partial charge in [-0.25, -0.2) is 9.78 Å². The van der Waals surface area contributed by atoms with Crippen molar-refractivity contribution >= 4 is 17.3 Å². The Kier molecular flexibility index (Phi) is 7.57. The predicted molar refractivity (Wildman–Crippen MR) is 112 cm³/mol. The number of rotatable bonds is 10. The van der Waals surface area contributed by atoms with E-state index in [0.717, 1.165) is 10.6 Å². The van der Waals surface area contributed by atoms with Gasteiger partial charge in [-0.05, 0) is 49.2 Å². The van der Waals surface area contributed by atoms with Gasteiger partial charge in [0.25, 0.3) is 0 Å². The van der Waals surface area contributed by atoms with Gasteiger partial charge in [0.15, 0.2) is 6.61 Å². The van der Waals surface area contributed by atoms with Gasteiger partial charge in [-0.2, -0.15) is 0 Å². The summed E-state index contributed by atoms with van der Waals surface area (Å²) in [7, 11) is 0. The van der Waals surface area contributed by atoms with Gasteiger partial charge < -0.3 is 19.3 Å². The minimum absolute atomic E-state index is 0.282. The zero-order chi connectivity index (χ0) is 23.1. The first-order valence-corrected chi connectivity index (χ1v) is 10.5. The molecule has 0 fully saturated rings. The van der Waals surface area contributed by atoms with E-state index in [0.29, 0.717) is 36.6 Å². The molecule has 0 amide bonds. The summed E-state index contributed by atoms with van der Waals surface area (Å²) < 4.78 is 52.8. The number of carboxylic acids is 1. The molecule has 0 spiro atoms. The minimum Gasteiger partial charge on any atom is -0.494 e. The van der Waals surface area contributed by atoms with E-state index in [2.05, 4.69) is 9.72 Å². The number of alkyl halides is 3. The number of hydrogen-bond acceptors (Lipinski definition) is 6. The van der Waals surface area contributed by atoms with Crippen molar-refractivity contribution in [1.29, 1.82) is 0 Å². The van der Waals surface area contributed by atoms with Gasteiger partial charge in [0, 0.05) is 17.4 Å². The number of hydrogen-bond donors (Lipinski definition) is 1. The Bertz CT molecular complexity index is 1070. The molecule has 32 heavy (non-hydrogen) atoms. The van der Waals surface area contributed by atoms with Crippen LogP contribution < -0.4 is 14.2 Å². The van der Waals surface area contributed by atoms with Crippen molar-refractivity contribution < 1.29 is 37.3 Å². The van der Waals surface area contributed by atoms with Crippen molar-refractivity contribution in [3.05, 3.63) is 58.4 Å². The van der Waals surface area contributed by atoms with Crippen molar-refractivity contribution in [1.82, 2.24) is 4.98 Å². The van der Waals surface area contributed by atoms with Crippen molar-refractivity contribution in [3.8, 4) is 28.5 Å². The summed E-state index contributed by atoms with van der Waals surface area (Å²) in [6, 6.07) is 11.0. The molecular formula is C22H20F3NO5S. The van der Waals surface area contributed by atoms with Gasteiger partial charge >= 0.3 is 12.3 Å². The Hall–Kier alpha value is -3.27. The normalized spacial score (nSPS) is 11.2. The van der Waals surface area contributed by atoms with E-state index in [1.807, 2.05) is 0 Å². The zero-order valence-electron chi connectivity index (χ0n) is 17.0. The number of aromatic nitrogens is 1. The number of aliphatic carboxylic acids is 1.